The summed E-state index contributed by atoms with van der Waals surface area (Å²) < 4.78 is 6.22. The molecule has 0 saturated heterocycles. The summed E-state index contributed by atoms with van der Waals surface area (Å²) in [6, 6.07) is 16.8. The first kappa shape index (κ1) is 16.0. The first-order valence-electron chi connectivity index (χ1n) is 6.99. The number of hydrogen-bond acceptors (Lipinski definition) is 5. The van der Waals surface area contributed by atoms with E-state index in [1.54, 1.807) is 0 Å². The third-order valence-corrected chi connectivity index (χ3v) is 4.63. The summed E-state index contributed by atoms with van der Waals surface area (Å²) >= 11 is 4.70. The number of hydrogen-bond donors (Lipinski definition) is 0. The van der Waals surface area contributed by atoms with Gasteiger partial charge in [-0.05, 0) is 30.3 Å². The maximum atomic E-state index is 12.4. The van der Waals surface area contributed by atoms with Crippen LogP contribution < -0.4 is 0 Å². The fourth-order valence-corrected chi connectivity index (χ4v) is 3.22. The molecule has 0 aliphatic rings. The number of nitrogens with zero attached hydrogens (tertiary/aromatic N) is 2. The second-order valence-corrected chi connectivity index (χ2v) is 7.11. The zero-order valence-electron chi connectivity index (χ0n) is 12.3. The summed E-state index contributed by atoms with van der Waals surface area (Å²) in [5, 5.41) is 4.12. The lowest BCUT2D eigenvalue weighted by Crippen LogP contribution is -2.13. The van der Waals surface area contributed by atoms with Gasteiger partial charge in [-0.15, -0.1) is 0 Å². The van der Waals surface area contributed by atoms with E-state index in [9.17, 15) is 4.79 Å². The van der Waals surface area contributed by atoms with Crippen molar-refractivity contribution in [3.05, 3.63) is 64.6 Å². The van der Waals surface area contributed by atoms with Crippen molar-refractivity contribution in [1.29, 1.82) is 0 Å². The van der Waals surface area contributed by atoms with Gasteiger partial charge in [-0.1, -0.05) is 64.1 Å². The molecule has 1 unspecified atom stereocenters. The highest BCUT2D eigenvalue weighted by atomic mass is 79.9. The monoisotopic (exact) mass is 388 g/mol. The molecule has 6 heteroatoms. The Balaban J connectivity index is 1.73. The Hall–Kier alpha value is -1.92. The normalized spacial score (nSPS) is 12.1. The minimum Gasteiger partial charge on any atom is -0.333 e. The lowest BCUT2D eigenvalue weighted by atomic mass is 10.1. The van der Waals surface area contributed by atoms with E-state index in [0.29, 0.717) is 16.6 Å². The van der Waals surface area contributed by atoms with Crippen molar-refractivity contribution in [1.82, 2.24) is 10.1 Å². The summed E-state index contributed by atoms with van der Waals surface area (Å²) in [6.07, 6.45) is 0. The van der Waals surface area contributed by atoms with Gasteiger partial charge in [0.15, 0.2) is 5.78 Å². The van der Waals surface area contributed by atoms with Crippen molar-refractivity contribution < 1.29 is 9.32 Å². The number of benzene rings is 2. The molecule has 0 N–H and O–H groups in total. The predicted octanol–water partition coefficient (Wildman–Crippen LogP) is 4.86. The quantitative estimate of drug-likeness (QED) is 0.461. The first-order chi connectivity index (χ1) is 11.1. The van der Waals surface area contributed by atoms with Crippen LogP contribution in [0.5, 0.6) is 0 Å². The molecule has 0 spiro atoms. The Morgan fingerprint density at radius 3 is 2.70 bits per heavy atom. The van der Waals surface area contributed by atoms with Crippen molar-refractivity contribution >= 4 is 33.5 Å². The van der Waals surface area contributed by atoms with E-state index >= 15 is 0 Å². The van der Waals surface area contributed by atoms with Crippen LogP contribution in [0.15, 0.2) is 68.7 Å². The number of carbonyl (C=O) groups excluding carboxylic acids is 1. The van der Waals surface area contributed by atoms with Gasteiger partial charge in [0.2, 0.25) is 5.16 Å². The highest BCUT2D eigenvalue weighted by Crippen LogP contribution is 2.27. The Labute approximate surface area is 146 Å². The molecule has 0 aliphatic carbocycles. The molecule has 2 aromatic carbocycles. The molecule has 0 saturated carbocycles. The topological polar surface area (TPSA) is 56.0 Å². The lowest BCUT2D eigenvalue weighted by molar-refractivity contribution is 0.0994. The van der Waals surface area contributed by atoms with Crippen LogP contribution in [0.2, 0.25) is 0 Å². The van der Waals surface area contributed by atoms with E-state index in [4.69, 9.17) is 4.52 Å². The van der Waals surface area contributed by atoms with E-state index in [0.717, 1.165) is 10.0 Å². The summed E-state index contributed by atoms with van der Waals surface area (Å²) in [7, 11) is 0. The van der Waals surface area contributed by atoms with Crippen molar-refractivity contribution in [3.8, 4) is 11.5 Å². The van der Waals surface area contributed by atoms with Crippen LogP contribution in [0.4, 0.5) is 0 Å². The van der Waals surface area contributed by atoms with Gasteiger partial charge in [0.25, 0.3) is 5.89 Å². The standard InChI is InChI=1S/C17H13BrN2O2S/c1-11(15(21)12-6-3-2-4-7-12)23-17-19-16(22-20-17)13-8-5-9-14(18)10-13/h2-11H,1H3. The molecule has 0 amide bonds. The maximum Gasteiger partial charge on any atom is 0.258 e. The Bertz CT molecular complexity index is 820. The molecule has 3 rings (SSSR count). The van der Waals surface area contributed by atoms with Crippen LogP contribution in [0.25, 0.3) is 11.5 Å². The number of carbonyl (C=O) groups is 1. The number of halogens is 1. The minimum atomic E-state index is -0.287. The smallest absolute Gasteiger partial charge is 0.258 e. The molecule has 1 heterocycles. The van der Waals surface area contributed by atoms with Crippen LogP contribution >= 0.6 is 27.7 Å². The largest absolute Gasteiger partial charge is 0.333 e. The number of ketones is 1. The minimum absolute atomic E-state index is 0.0457. The molecular formula is C17H13BrN2O2S. The van der Waals surface area contributed by atoms with Gasteiger partial charge < -0.3 is 4.52 Å². The third kappa shape index (κ3) is 3.89. The van der Waals surface area contributed by atoms with Crippen LogP contribution in [-0.2, 0) is 0 Å². The van der Waals surface area contributed by atoms with E-state index in [1.165, 1.54) is 11.8 Å². The molecule has 0 radical (unpaired) electrons. The Morgan fingerprint density at radius 2 is 1.96 bits per heavy atom. The molecule has 4 nitrogen and oxygen atoms in total. The zero-order valence-corrected chi connectivity index (χ0v) is 14.7. The van der Waals surface area contributed by atoms with Gasteiger partial charge in [0.1, 0.15) is 0 Å². The molecule has 0 fully saturated rings. The molecule has 0 bridgehead atoms. The zero-order chi connectivity index (χ0) is 16.2. The molecule has 3 aromatic rings. The van der Waals surface area contributed by atoms with Crippen LogP contribution in [0, 0.1) is 0 Å². The van der Waals surface area contributed by atoms with Crippen LogP contribution in [0.1, 0.15) is 17.3 Å². The maximum absolute atomic E-state index is 12.4. The number of Topliss-reactive ketones (excluding diaryl/α,β-unsaturated/α-hetero) is 1. The summed E-state index contributed by atoms with van der Waals surface area (Å²) in [5.41, 5.74) is 1.52. The van der Waals surface area contributed by atoms with Crippen LogP contribution in [0.3, 0.4) is 0 Å². The van der Waals surface area contributed by atoms with E-state index in [-0.39, 0.29) is 11.0 Å². The molecular weight excluding hydrogens is 376 g/mol. The van der Waals surface area contributed by atoms with Gasteiger partial charge in [-0.3, -0.25) is 4.79 Å². The average Bonchev–Trinajstić information content (AvgIpc) is 3.03. The summed E-state index contributed by atoms with van der Waals surface area (Å²) in [5.74, 6) is 0.484. The van der Waals surface area contributed by atoms with Gasteiger partial charge >= 0.3 is 0 Å². The summed E-state index contributed by atoms with van der Waals surface area (Å²) in [6.45, 7) is 1.84. The van der Waals surface area contributed by atoms with Gasteiger partial charge in [0, 0.05) is 15.6 Å². The van der Waals surface area contributed by atoms with Crippen LogP contribution in [-0.4, -0.2) is 21.2 Å². The third-order valence-electron chi connectivity index (χ3n) is 3.19. The Morgan fingerprint density at radius 1 is 1.17 bits per heavy atom. The second kappa shape index (κ2) is 7.10. The van der Waals surface area contributed by atoms with Crippen molar-refractivity contribution in [2.24, 2.45) is 0 Å². The number of thioether (sulfide) groups is 1. The fraction of sp³-hybridized carbons (Fsp3) is 0.118. The van der Waals surface area contributed by atoms with Gasteiger partial charge in [-0.2, -0.15) is 4.98 Å². The molecule has 116 valence electrons. The highest BCUT2D eigenvalue weighted by molar-refractivity contribution is 9.10. The number of rotatable bonds is 5. The lowest BCUT2D eigenvalue weighted by Gasteiger charge is -2.06. The highest BCUT2D eigenvalue weighted by Gasteiger charge is 2.19. The van der Waals surface area contributed by atoms with Crippen molar-refractivity contribution in [2.45, 2.75) is 17.3 Å². The van der Waals surface area contributed by atoms with E-state index < -0.39 is 0 Å². The van der Waals surface area contributed by atoms with E-state index in [1.807, 2.05) is 61.5 Å². The SMILES string of the molecule is CC(Sc1noc(-c2cccc(Br)c2)n1)C(=O)c1ccccc1. The van der Waals surface area contributed by atoms with Crippen molar-refractivity contribution in [3.63, 3.8) is 0 Å². The molecule has 23 heavy (non-hydrogen) atoms. The molecule has 1 aromatic heterocycles. The second-order valence-electron chi connectivity index (χ2n) is 4.88. The van der Waals surface area contributed by atoms with E-state index in [2.05, 4.69) is 26.1 Å². The van der Waals surface area contributed by atoms with Crippen molar-refractivity contribution in [2.75, 3.05) is 0 Å². The first-order valence-corrected chi connectivity index (χ1v) is 8.66. The van der Waals surface area contributed by atoms with Gasteiger partial charge in [0.05, 0.1) is 5.25 Å². The van der Waals surface area contributed by atoms with Gasteiger partial charge in [-0.25, -0.2) is 0 Å². The number of aromatic nitrogens is 2. The average molecular weight is 389 g/mol. The fourth-order valence-electron chi connectivity index (χ4n) is 2.05. The molecule has 1 atom stereocenters. The molecule has 0 aliphatic heterocycles. The summed E-state index contributed by atoms with van der Waals surface area (Å²) in [4.78, 5) is 16.7. The Kier molecular flexibility index (Phi) is 4.93. The predicted molar refractivity (Wildman–Crippen MR) is 93.5 cm³/mol.